The van der Waals surface area contributed by atoms with Gasteiger partial charge in [-0.05, 0) is 39.7 Å². The van der Waals surface area contributed by atoms with Crippen molar-refractivity contribution in [3.63, 3.8) is 0 Å². The molecule has 110 valence electrons. The van der Waals surface area contributed by atoms with Crippen LogP contribution in [-0.2, 0) is 6.54 Å². The van der Waals surface area contributed by atoms with Gasteiger partial charge < -0.3 is 4.90 Å². The van der Waals surface area contributed by atoms with Crippen LogP contribution in [0.5, 0.6) is 0 Å². The van der Waals surface area contributed by atoms with Crippen molar-refractivity contribution in [3.05, 3.63) is 68.6 Å². The van der Waals surface area contributed by atoms with E-state index >= 15 is 0 Å². The molecule has 0 spiro atoms. The average molecular weight is 476 g/mol. The highest BCUT2D eigenvalue weighted by molar-refractivity contribution is 9.11. The second kappa shape index (κ2) is 8.11. The van der Waals surface area contributed by atoms with Gasteiger partial charge in [0.1, 0.15) is 0 Å². The molecule has 0 aliphatic heterocycles. The largest absolute Gasteiger partial charge is 0.333 e. The standard InChI is InChI=1S/C16H14Br3NO/c17-8-9-20(11-12-4-2-1-3-5-12)16(21)14-10-13(18)6-7-15(14)19/h1-7,10H,8-9,11H2. The van der Waals surface area contributed by atoms with E-state index in [-0.39, 0.29) is 5.91 Å². The van der Waals surface area contributed by atoms with Crippen molar-refractivity contribution in [2.24, 2.45) is 0 Å². The number of nitrogens with zero attached hydrogens (tertiary/aromatic N) is 1. The van der Waals surface area contributed by atoms with E-state index < -0.39 is 0 Å². The van der Waals surface area contributed by atoms with Crippen molar-refractivity contribution in [1.82, 2.24) is 4.90 Å². The van der Waals surface area contributed by atoms with E-state index in [2.05, 4.69) is 47.8 Å². The summed E-state index contributed by atoms with van der Waals surface area (Å²) in [4.78, 5) is 14.6. The zero-order chi connectivity index (χ0) is 15.2. The van der Waals surface area contributed by atoms with Crippen LogP contribution < -0.4 is 0 Å². The summed E-state index contributed by atoms with van der Waals surface area (Å²) in [5.74, 6) is 0.0199. The van der Waals surface area contributed by atoms with Crippen LogP contribution in [0.25, 0.3) is 0 Å². The molecule has 1 amide bonds. The summed E-state index contributed by atoms with van der Waals surface area (Å²) in [5.41, 5.74) is 1.79. The SMILES string of the molecule is O=C(c1cc(Br)ccc1Br)N(CCBr)Cc1ccccc1. The molecule has 21 heavy (non-hydrogen) atoms. The summed E-state index contributed by atoms with van der Waals surface area (Å²) in [6, 6.07) is 15.7. The Hall–Kier alpha value is -0.650. The molecule has 2 aromatic rings. The smallest absolute Gasteiger partial charge is 0.255 e. The third kappa shape index (κ3) is 4.66. The Balaban J connectivity index is 2.25. The lowest BCUT2D eigenvalue weighted by Gasteiger charge is -2.22. The van der Waals surface area contributed by atoms with E-state index in [1.807, 2.05) is 53.4 Å². The van der Waals surface area contributed by atoms with Crippen LogP contribution in [-0.4, -0.2) is 22.7 Å². The Morgan fingerprint density at radius 1 is 1.05 bits per heavy atom. The molecule has 0 saturated carbocycles. The predicted molar refractivity (Wildman–Crippen MR) is 96.8 cm³/mol. The lowest BCUT2D eigenvalue weighted by Crippen LogP contribution is -2.32. The maximum Gasteiger partial charge on any atom is 0.255 e. The van der Waals surface area contributed by atoms with E-state index in [4.69, 9.17) is 0 Å². The zero-order valence-corrected chi connectivity index (χ0v) is 16.0. The fraction of sp³-hybridized carbons (Fsp3) is 0.188. The molecule has 0 atom stereocenters. The first-order chi connectivity index (χ1) is 10.1. The predicted octanol–water partition coefficient (Wildman–Crippen LogP) is 5.25. The highest BCUT2D eigenvalue weighted by Crippen LogP contribution is 2.23. The van der Waals surface area contributed by atoms with Gasteiger partial charge in [0, 0.05) is 27.4 Å². The van der Waals surface area contributed by atoms with Gasteiger partial charge in [-0.3, -0.25) is 4.79 Å². The number of carbonyl (C=O) groups excluding carboxylic acids is 1. The first kappa shape index (κ1) is 16.7. The number of carbonyl (C=O) groups is 1. The third-order valence-corrected chi connectivity index (χ3v) is 4.56. The molecule has 0 saturated heterocycles. The van der Waals surface area contributed by atoms with E-state index in [9.17, 15) is 4.79 Å². The van der Waals surface area contributed by atoms with Crippen molar-refractivity contribution in [2.75, 3.05) is 11.9 Å². The third-order valence-electron chi connectivity index (χ3n) is 3.02. The molecule has 0 aromatic heterocycles. The molecule has 0 heterocycles. The first-order valence-corrected chi connectivity index (χ1v) is 9.17. The highest BCUT2D eigenvalue weighted by Gasteiger charge is 2.18. The lowest BCUT2D eigenvalue weighted by molar-refractivity contribution is 0.0753. The summed E-state index contributed by atoms with van der Waals surface area (Å²) >= 11 is 10.3. The Bertz CT molecular complexity index is 616. The van der Waals surface area contributed by atoms with Gasteiger partial charge in [-0.15, -0.1) is 0 Å². The molecule has 0 aliphatic rings. The molecule has 0 N–H and O–H groups in total. The molecule has 0 aliphatic carbocycles. The summed E-state index contributed by atoms with van der Waals surface area (Å²) in [6.07, 6.45) is 0. The molecular weight excluding hydrogens is 462 g/mol. The Labute approximate surface area is 149 Å². The van der Waals surface area contributed by atoms with Crippen molar-refractivity contribution in [1.29, 1.82) is 0 Å². The molecule has 0 fully saturated rings. The van der Waals surface area contributed by atoms with Gasteiger partial charge in [-0.1, -0.05) is 62.2 Å². The van der Waals surface area contributed by atoms with E-state index in [0.29, 0.717) is 18.7 Å². The van der Waals surface area contributed by atoms with Gasteiger partial charge in [-0.25, -0.2) is 0 Å². The fourth-order valence-corrected chi connectivity index (χ4v) is 3.20. The number of rotatable bonds is 5. The number of hydrogen-bond acceptors (Lipinski definition) is 1. The van der Waals surface area contributed by atoms with Crippen molar-refractivity contribution in [3.8, 4) is 0 Å². The van der Waals surface area contributed by atoms with Gasteiger partial charge in [-0.2, -0.15) is 0 Å². The summed E-state index contributed by atoms with van der Waals surface area (Å²) in [7, 11) is 0. The van der Waals surface area contributed by atoms with Crippen molar-refractivity contribution < 1.29 is 4.79 Å². The highest BCUT2D eigenvalue weighted by atomic mass is 79.9. The Morgan fingerprint density at radius 2 is 1.76 bits per heavy atom. The minimum atomic E-state index is 0.0199. The van der Waals surface area contributed by atoms with Crippen LogP contribution in [0, 0.1) is 0 Å². The monoisotopic (exact) mass is 473 g/mol. The normalized spacial score (nSPS) is 10.4. The van der Waals surface area contributed by atoms with Crippen LogP contribution in [0.15, 0.2) is 57.5 Å². The zero-order valence-electron chi connectivity index (χ0n) is 11.2. The minimum Gasteiger partial charge on any atom is -0.333 e. The Morgan fingerprint density at radius 3 is 2.43 bits per heavy atom. The number of halogens is 3. The molecule has 5 heteroatoms. The van der Waals surface area contributed by atoms with Gasteiger partial charge in [0.15, 0.2) is 0 Å². The number of amides is 1. The van der Waals surface area contributed by atoms with Crippen molar-refractivity contribution in [2.45, 2.75) is 6.54 Å². The van der Waals surface area contributed by atoms with Crippen molar-refractivity contribution >= 4 is 53.7 Å². The summed E-state index contributed by atoms with van der Waals surface area (Å²) in [5, 5.41) is 0.747. The maximum atomic E-state index is 12.8. The summed E-state index contributed by atoms with van der Waals surface area (Å²) < 4.78 is 1.70. The molecular formula is C16H14Br3NO. The van der Waals surface area contributed by atoms with Crippen LogP contribution in [0.4, 0.5) is 0 Å². The second-order valence-corrected chi connectivity index (χ2v) is 7.09. The minimum absolute atomic E-state index is 0.0199. The van der Waals surface area contributed by atoms with Crippen LogP contribution in [0.3, 0.4) is 0 Å². The number of hydrogen-bond donors (Lipinski definition) is 0. The van der Waals surface area contributed by atoms with Crippen LogP contribution in [0.1, 0.15) is 15.9 Å². The maximum absolute atomic E-state index is 12.8. The van der Waals surface area contributed by atoms with Gasteiger partial charge >= 0.3 is 0 Å². The molecule has 0 bridgehead atoms. The Kier molecular flexibility index (Phi) is 6.45. The lowest BCUT2D eigenvalue weighted by atomic mass is 10.1. The first-order valence-electron chi connectivity index (χ1n) is 6.46. The van der Waals surface area contributed by atoms with Crippen LogP contribution in [0.2, 0.25) is 0 Å². The average Bonchev–Trinajstić information content (AvgIpc) is 2.49. The second-order valence-electron chi connectivity index (χ2n) is 4.53. The summed E-state index contributed by atoms with van der Waals surface area (Å²) in [6.45, 7) is 1.26. The molecule has 2 rings (SSSR count). The topological polar surface area (TPSA) is 20.3 Å². The fourth-order valence-electron chi connectivity index (χ4n) is 1.99. The van der Waals surface area contributed by atoms with Gasteiger partial charge in [0.2, 0.25) is 0 Å². The quantitative estimate of drug-likeness (QED) is 0.541. The molecule has 2 nitrogen and oxygen atoms in total. The molecule has 0 radical (unpaired) electrons. The van der Waals surface area contributed by atoms with Gasteiger partial charge in [0.05, 0.1) is 5.56 Å². The van der Waals surface area contributed by atoms with Crippen LogP contribution >= 0.6 is 47.8 Å². The number of benzene rings is 2. The van der Waals surface area contributed by atoms with E-state index in [0.717, 1.165) is 19.8 Å². The van der Waals surface area contributed by atoms with Gasteiger partial charge in [0.25, 0.3) is 5.91 Å². The van der Waals surface area contributed by atoms with E-state index in [1.54, 1.807) is 0 Å². The number of alkyl halides is 1. The van der Waals surface area contributed by atoms with E-state index in [1.165, 1.54) is 0 Å². The molecule has 2 aromatic carbocycles. The molecule has 0 unspecified atom stereocenters.